The van der Waals surface area contributed by atoms with Crippen LogP contribution in [0.4, 0.5) is 0 Å². The van der Waals surface area contributed by atoms with Crippen LogP contribution < -0.4 is 0 Å². The first-order valence-corrected chi connectivity index (χ1v) is 9.49. The van der Waals surface area contributed by atoms with E-state index in [1.54, 1.807) is 0 Å². The van der Waals surface area contributed by atoms with Crippen molar-refractivity contribution in [2.75, 3.05) is 7.11 Å². The van der Waals surface area contributed by atoms with Crippen LogP contribution in [0.15, 0.2) is 83.4 Å². The summed E-state index contributed by atoms with van der Waals surface area (Å²) in [6, 6.07) is 20.2. The third-order valence-corrected chi connectivity index (χ3v) is 4.79. The standard InChI is InChI=1S/C24H25ClO2/c1-4-20(22(25)5-2)24(19-14-10-7-11-15-19)21(16-17-23(26)27-3)18-12-8-6-9-13-18/h6-17H,4-5H2,1-3H3/b17-16+,22-20-,24-21+. The van der Waals surface area contributed by atoms with E-state index in [4.69, 9.17) is 16.3 Å². The molecule has 140 valence electrons. The van der Waals surface area contributed by atoms with Crippen molar-refractivity contribution < 1.29 is 9.53 Å². The summed E-state index contributed by atoms with van der Waals surface area (Å²) in [4.78, 5) is 11.8. The van der Waals surface area contributed by atoms with Crippen LogP contribution in [0, 0.1) is 0 Å². The van der Waals surface area contributed by atoms with Gasteiger partial charge in [-0.05, 0) is 46.8 Å². The lowest BCUT2D eigenvalue weighted by molar-refractivity contribution is -0.134. The van der Waals surface area contributed by atoms with Gasteiger partial charge >= 0.3 is 5.97 Å². The fourth-order valence-electron chi connectivity index (χ4n) is 2.98. The van der Waals surface area contributed by atoms with E-state index in [-0.39, 0.29) is 5.97 Å². The Kier molecular flexibility index (Phi) is 8.09. The number of carbonyl (C=O) groups excluding carboxylic acids is 1. The molecule has 27 heavy (non-hydrogen) atoms. The SMILES string of the molecule is CC/C(Cl)=C(CC)/C(=C(\C=C\C(=O)OC)c1ccccc1)c1ccccc1. The number of hydrogen-bond donors (Lipinski definition) is 0. The van der Waals surface area contributed by atoms with Crippen molar-refractivity contribution in [3.05, 3.63) is 94.5 Å². The number of methoxy groups -OCH3 is 1. The Balaban J connectivity index is 2.86. The van der Waals surface area contributed by atoms with Gasteiger partial charge in [-0.25, -0.2) is 4.79 Å². The molecule has 3 heteroatoms. The van der Waals surface area contributed by atoms with E-state index in [1.165, 1.54) is 13.2 Å². The average molecular weight is 381 g/mol. The highest BCUT2D eigenvalue weighted by molar-refractivity contribution is 6.31. The highest BCUT2D eigenvalue weighted by atomic mass is 35.5. The summed E-state index contributed by atoms with van der Waals surface area (Å²) in [6.07, 6.45) is 4.82. The van der Waals surface area contributed by atoms with Gasteiger partial charge in [-0.2, -0.15) is 0 Å². The summed E-state index contributed by atoms with van der Waals surface area (Å²) < 4.78 is 4.79. The first-order valence-electron chi connectivity index (χ1n) is 9.11. The van der Waals surface area contributed by atoms with Gasteiger partial charge in [-0.1, -0.05) is 86.1 Å². The largest absolute Gasteiger partial charge is 0.466 e. The smallest absolute Gasteiger partial charge is 0.330 e. The van der Waals surface area contributed by atoms with Crippen LogP contribution >= 0.6 is 11.6 Å². The van der Waals surface area contributed by atoms with Crippen molar-refractivity contribution in [3.8, 4) is 0 Å². The van der Waals surface area contributed by atoms with E-state index in [0.717, 1.165) is 45.7 Å². The molecular weight excluding hydrogens is 356 g/mol. The zero-order chi connectivity index (χ0) is 19.6. The van der Waals surface area contributed by atoms with Gasteiger partial charge in [-0.3, -0.25) is 0 Å². The summed E-state index contributed by atoms with van der Waals surface area (Å²) in [5.74, 6) is -0.389. The third kappa shape index (κ3) is 5.45. The average Bonchev–Trinajstić information content (AvgIpc) is 2.73. The Morgan fingerprint density at radius 1 is 0.889 bits per heavy atom. The van der Waals surface area contributed by atoms with E-state index < -0.39 is 0 Å². The second kappa shape index (κ2) is 10.5. The molecule has 0 saturated heterocycles. The maximum absolute atomic E-state index is 11.8. The molecule has 0 atom stereocenters. The number of carbonyl (C=O) groups is 1. The molecule has 2 rings (SSSR count). The lowest BCUT2D eigenvalue weighted by Gasteiger charge is -2.18. The van der Waals surface area contributed by atoms with Gasteiger partial charge in [0, 0.05) is 11.1 Å². The number of rotatable bonds is 7. The highest BCUT2D eigenvalue weighted by Gasteiger charge is 2.16. The topological polar surface area (TPSA) is 26.3 Å². The Hall–Kier alpha value is -2.58. The lowest BCUT2D eigenvalue weighted by atomic mass is 9.87. The van der Waals surface area contributed by atoms with Crippen LogP contribution in [-0.2, 0) is 9.53 Å². The van der Waals surface area contributed by atoms with Gasteiger partial charge in [0.25, 0.3) is 0 Å². The summed E-state index contributed by atoms with van der Waals surface area (Å²) in [5.41, 5.74) is 5.14. The molecule has 0 aliphatic heterocycles. The van der Waals surface area contributed by atoms with Gasteiger partial charge < -0.3 is 4.74 Å². The van der Waals surface area contributed by atoms with Crippen LogP contribution in [0.25, 0.3) is 11.1 Å². The summed E-state index contributed by atoms with van der Waals surface area (Å²) in [7, 11) is 1.38. The molecule has 2 nitrogen and oxygen atoms in total. The minimum atomic E-state index is -0.389. The Morgan fingerprint density at radius 2 is 1.44 bits per heavy atom. The maximum Gasteiger partial charge on any atom is 0.330 e. The molecule has 0 fully saturated rings. The van der Waals surface area contributed by atoms with Crippen LogP contribution in [0.3, 0.4) is 0 Å². The van der Waals surface area contributed by atoms with Gasteiger partial charge in [-0.15, -0.1) is 0 Å². The summed E-state index contributed by atoms with van der Waals surface area (Å²) in [6.45, 7) is 4.15. The van der Waals surface area contributed by atoms with E-state index in [2.05, 4.69) is 19.1 Å². The normalized spacial score (nSPS) is 13.2. The monoisotopic (exact) mass is 380 g/mol. The molecule has 0 aliphatic carbocycles. The Labute approximate surface area is 166 Å². The van der Waals surface area contributed by atoms with E-state index in [0.29, 0.717) is 0 Å². The Morgan fingerprint density at radius 3 is 1.93 bits per heavy atom. The summed E-state index contributed by atoms with van der Waals surface area (Å²) in [5, 5.41) is 0.830. The molecule has 0 radical (unpaired) electrons. The minimum Gasteiger partial charge on any atom is -0.466 e. The quantitative estimate of drug-likeness (QED) is 0.233. The number of halogens is 1. The van der Waals surface area contributed by atoms with Crippen molar-refractivity contribution in [2.45, 2.75) is 26.7 Å². The van der Waals surface area contributed by atoms with E-state index in [9.17, 15) is 4.79 Å². The first kappa shape index (κ1) is 20.7. The van der Waals surface area contributed by atoms with Crippen molar-refractivity contribution >= 4 is 28.7 Å². The predicted molar refractivity (Wildman–Crippen MR) is 114 cm³/mol. The van der Waals surface area contributed by atoms with Crippen LogP contribution in [-0.4, -0.2) is 13.1 Å². The molecule has 0 N–H and O–H groups in total. The zero-order valence-electron chi connectivity index (χ0n) is 16.0. The van der Waals surface area contributed by atoms with Crippen LogP contribution in [0.1, 0.15) is 37.8 Å². The molecule has 0 aromatic heterocycles. The molecule has 0 spiro atoms. The molecule has 0 bridgehead atoms. The third-order valence-electron chi connectivity index (χ3n) is 4.30. The first-order chi connectivity index (χ1) is 13.1. The lowest BCUT2D eigenvalue weighted by Crippen LogP contribution is -1.99. The van der Waals surface area contributed by atoms with Crippen molar-refractivity contribution in [1.82, 2.24) is 0 Å². The van der Waals surface area contributed by atoms with Gasteiger partial charge in [0.05, 0.1) is 7.11 Å². The number of ether oxygens (including phenoxy) is 1. The number of benzene rings is 2. The van der Waals surface area contributed by atoms with Crippen molar-refractivity contribution in [3.63, 3.8) is 0 Å². The van der Waals surface area contributed by atoms with Gasteiger partial charge in [0.1, 0.15) is 0 Å². The van der Waals surface area contributed by atoms with Crippen molar-refractivity contribution in [1.29, 1.82) is 0 Å². The fraction of sp³-hybridized carbons (Fsp3) is 0.208. The second-order valence-electron chi connectivity index (χ2n) is 5.97. The Bertz CT molecular complexity index is 846. The van der Waals surface area contributed by atoms with Crippen LogP contribution in [0.2, 0.25) is 0 Å². The molecule has 0 unspecified atom stereocenters. The minimum absolute atomic E-state index is 0.389. The number of esters is 1. The van der Waals surface area contributed by atoms with Gasteiger partial charge in [0.2, 0.25) is 0 Å². The molecule has 0 aliphatic rings. The van der Waals surface area contributed by atoms with Crippen molar-refractivity contribution in [2.24, 2.45) is 0 Å². The summed E-state index contributed by atoms with van der Waals surface area (Å²) >= 11 is 6.63. The fourth-order valence-corrected chi connectivity index (χ4v) is 3.20. The molecule has 0 saturated carbocycles. The molecule has 0 amide bonds. The number of hydrogen-bond acceptors (Lipinski definition) is 2. The molecule has 2 aromatic carbocycles. The second-order valence-corrected chi connectivity index (χ2v) is 6.42. The highest BCUT2D eigenvalue weighted by Crippen LogP contribution is 2.37. The molecule has 2 aromatic rings. The molecule has 0 heterocycles. The maximum atomic E-state index is 11.8. The predicted octanol–water partition coefficient (Wildman–Crippen LogP) is 6.64. The van der Waals surface area contributed by atoms with E-state index >= 15 is 0 Å². The number of allylic oxidation sites excluding steroid dienone is 5. The zero-order valence-corrected chi connectivity index (χ0v) is 16.8. The van der Waals surface area contributed by atoms with Gasteiger partial charge in [0.15, 0.2) is 0 Å². The van der Waals surface area contributed by atoms with Crippen LogP contribution in [0.5, 0.6) is 0 Å². The molecular formula is C24H25ClO2. The van der Waals surface area contributed by atoms with E-state index in [1.807, 2.05) is 61.5 Å².